The van der Waals surface area contributed by atoms with E-state index in [1.165, 1.54) is 17.0 Å². The van der Waals surface area contributed by atoms with E-state index in [-0.39, 0.29) is 18.4 Å². The Morgan fingerprint density at radius 2 is 2.03 bits per heavy atom. The molecule has 2 aromatic heterocycles. The molecule has 0 saturated carbocycles. The van der Waals surface area contributed by atoms with Crippen LogP contribution in [0.15, 0.2) is 55.0 Å². The van der Waals surface area contributed by atoms with Crippen molar-refractivity contribution in [1.29, 1.82) is 0 Å². The topological polar surface area (TPSA) is 74.7 Å². The van der Waals surface area contributed by atoms with Gasteiger partial charge in [-0.2, -0.15) is 0 Å². The Morgan fingerprint density at radius 3 is 2.80 bits per heavy atom. The summed E-state index contributed by atoms with van der Waals surface area (Å²) < 4.78 is 16.1. The normalized spacial score (nSPS) is 11.0. The fourth-order valence-electron chi connectivity index (χ4n) is 3.55. The van der Waals surface area contributed by atoms with Crippen LogP contribution in [0, 0.1) is 19.7 Å². The molecular weight excluding hydrogens is 381 g/mol. The second-order valence-corrected chi connectivity index (χ2v) is 7.35. The molecule has 0 bridgehead atoms. The van der Waals surface area contributed by atoms with Crippen molar-refractivity contribution in [3.63, 3.8) is 0 Å². The van der Waals surface area contributed by atoms with E-state index in [0.29, 0.717) is 23.6 Å². The molecule has 0 radical (unpaired) electrons. The predicted octanol–water partition coefficient (Wildman–Crippen LogP) is 4.15. The minimum absolute atomic E-state index is 0.248. The summed E-state index contributed by atoms with van der Waals surface area (Å²) in [7, 11) is 0. The lowest BCUT2D eigenvalue weighted by Crippen LogP contribution is -2.36. The molecule has 4 aromatic rings. The zero-order valence-corrected chi connectivity index (χ0v) is 17.0. The van der Waals surface area contributed by atoms with E-state index in [1.54, 1.807) is 29.1 Å². The molecule has 2 aromatic carbocycles. The van der Waals surface area contributed by atoms with E-state index >= 15 is 0 Å². The number of benzene rings is 2. The van der Waals surface area contributed by atoms with Gasteiger partial charge in [0.2, 0.25) is 0 Å². The zero-order valence-electron chi connectivity index (χ0n) is 17.0. The van der Waals surface area contributed by atoms with Crippen LogP contribution in [0.25, 0.3) is 16.6 Å². The minimum Gasteiger partial charge on any atom is -0.361 e. The number of nitrogens with zero attached hydrogens (tertiary/aromatic N) is 2. The highest BCUT2D eigenvalue weighted by atomic mass is 19.1. The van der Waals surface area contributed by atoms with E-state index in [0.717, 1.165) is 17.5 Å². The molecule has 7 heteroatoms. The fraction of sp³-hybridized carbons (Fsp3) is 0.217. The zero-order chi connectivity index (χ0) is 21.1. The standard InChI is InChI=1S/C23H24FN5O/c1-15-3-5-19-18(14-27-21(19)11-15)7-8-26-23(30)28-13-17-4-6-22(20(24)12-17)29-10-9-25-16(29)2/h3-6,9-12,14,27H,7-8,13H2,1-2H3,(H2,26,28,30). The number of carbonyl (C=O) groups is 1. The van der Waals surface area contributed by atoms with Crippen molar-refractivity contribution in [2.24, 2.45) is 0 Å². The average Bonchev–Trinajstić information content (AvgIpc) is 3.32. The number of fused-ring (bicyclic) bond motifs is 1. The van der Waals surface area contributed by atoms with E-state index < -0.39 is 0 Å². The third-order valence-corrected chi connectivity index (χ3v) is 5.15. The molecule has 2 amide bonds. The number of nitrogens with one attached hydrogen (secondary N) is 3. The van der Waals surface area contributed by atoms with Crippen molar-refractivity contribution in [1.82, 2.24) is 25.2 Å². The Morgan fingerprint density at radius 1 is 1.17 bits per heavy atom. The van der Waals surface area contributed by atoms with E-state index in [1.807, 2.05) is 13.1 Å². The third-order valence-electron chi connectivity index (χ3n) is 5.15. The number of H-pyrrole nitrogens is 1. The number of aromatic amines is 1. The van der Waals surface area contributed by atoms with Gasteiger partial charge in [-0.25, -0.2) is 14.2 Å². The van der Waals surface area contributed by atoms with Crippen LogP contribution in [0.2, 0.25) is 0 Å². The van der Waals surface area contributed by atoms with Crippen molar-refractivity contribution in [2.75, 3.05) is 6.54 Å². The molecule has 0 aliphatic heterocycles. The van der Waals surface area contributed by atoms with Crippen LogP contribution in [-0.2, 0) is 13.0 Å². The van der Waals surface area contributed by atoms with Crippen molar-refractivity contribution in [3.05, 3.63) is 83.3 Å². The van der Waals surface area contributed by atoms with Crippen LogP contribution < -0.4 is 10.6 Å². The van der Waals surface area contributed by atoms with Gasteiger partial charge in [0.05, 0.1) is 5.69 Å². The molecule has 30 heavy (non-hydrogen) atoms. The van der Waals surface area contributed by atoms with Gasteiger partial charge in [0.15, 0.2) is 0 Å². The SMILES string of the molecule is Cc1ccc2c(CCNC(=O)NCc3ccc(-n4ccnc4C)c(F)c3)c[nH]c2c1. The second kappa shape index (κ2) is 8.41. The predicted molar refractivity (Wildman–Crippen MR) is 115 cm³/mol. The molecular formula is C23H24FN5O. The maximum atomic E-state index is 14.5. The molecule has 3 N–H and O–H groups in total. The van der Waals surface area contributed by atoms with Gasteiger partial charge in [-0.05, 0) is 55.2 Å². The molecule has 0 aliphatic rings. The van der Waals surface area contributed by atoms with E-state index in [4.69, 9.17) is 0 Å². The number of carbonyl (C=O) groups excluding carboxylic acids is 1. The van der Waals surface area contributed by atoms with Gasteiger partial charge in [-0.3, -0.25) is 0 Å². The van der Waals surface area contributed by atoms with Crippen LogP contribution in [0.3, 0.4) is 0 Å². The number of hydrogen-bond acceptors (Lipinski definition) is 2. The van der Waals surface area contributed by atoms with Gasteiger partial charge in [0, 0.05) is 42.6 Å². The highest BCUT2D eigenvalue weighted by molar-refractivity contribution is 5.83. The molecule has 0 fully saturated rings. The van der Waals surface area contributed by atoms with Crippen LogP contribution in [0.4, 0.5) is 9.18 Å². The number of urea groups is 1. The third kappa shape index (κ3) is 4.20. The molecule has 4 rings (SSSR count). The Balaban J connectivity index is 1.28. The lowest BCUT2D eigenvalue weighted by atomic mass is 10.1. The Hall–Kier alpha value is -3.61. The van der Waals surface area contributed by atoms with Gasteiger partial charge in [-0.15, -0.1) is 0 Å². The fourth-order valence-corrected chi connectivity index (χ4v) is 3.55. The Kier molecular flexibility index (Phi) is 5.52. The maximum Gasteiger partial charge on any atom is 0.315 e. The summed E-state index contributed by atoms with van der Waals surface area (Å²) >= 11 is 0. The molecule has 0 aliphatic carbocycles. The number of halogens is 1. The summed E-state index contributed by atoms with van der Waals surface area (Å²) in [6, 6.07) is 10.9. The highest BCUT2D eigenvalue weighted by Crippen LogP contribution is 2.20. The summed E-state index contributed by atoms with van der Waals surface area (Å²) in [6.45, 7) is 4.64. The first-order valence-electron chi connectivity index (χ1n) is 9.88. The lowest BCUT2D eigenvalue weighted by Gasteiger charge is -2.10. The molecule has 6 nitrogen and oxygen atoms in total. The van der Waals surface area contributed by atoms with Crippen LogP contribution in [-0.4, -0.2) is 27.1 Å². The summed E-state index contributed by atoms with van der Waals surface area (Å²) in [4.78, 5) is 19.5. The first-order chi connectivity index (χ1) is 14.5. The van der Waals surface area contributed by atoms with Crippen LogP contribution >= 0.6 is 0 Å². The van der Waals surface area contributed by atoms with Gasteiger partial charge >= 0.3 is 6.03 Å². The summed E-state index contributed by atoms with van der Waals surface area (Å²) in [5.74, 6) is 0.356. The van der Waals surface area contributed by atoms with Gasteiger partial charge in [-0.1, -0.05) is 18.2 Å². The van der Waals surface area contributed by atoms with Crippen molar-refractivity contribution in [3.8, 4) is 5.69 Å². The van der Waals surface area contributed by atoms with Crippen molar-refractivity contribution in [2.45, 2.75) is 26.8 Å². The first kappa shape index (κ1) is 19.7. The smallest absolute Gasteiger partial charge is 0.315 e. The largest absolute Gasteiger partial charge is 0.361 e. The molecule has 0 saturated heterocycles. The Bertz CT molecular complexity index is 1190. The van der Waals surface area contributed by atoms with Crippen molar-refractivity contribution >= 4 is 16.9 Å². The second-order valence-electron chi connectivity index (χ2n) is 7.35. The summed E-state index contributed by atoms with van der Waals surface area (Å²) in [5.41, 5.74) is 4.60. The molecule has 0 unspecified atom stereocenters. The van der Waals surface area contributed by atoms with Gasteiger partial charge in [0.1, 0.15) is 11.6 Å². The van der Waals surface area contributed by atoms with E-state index in [9.17, 15) is 9.18 Å². The minimum atomic E-state index is -0.356. The quantitative estimate of drug-likeness (QED) is 0.451. The average molecular weight is 405 g/mol. The van der Waals surface area contributed by atoms with Crippen LogP contribution in [0.5, 0.6) is 0 Å². The summed E-state index contributed by atoms with van der Waals surface area (Å²) in [5, 5.41) is 6.80. The molecule has 0 atom stereocenters. The van der Waals surface area contributed by atoms with Gasteiger partial charge < -0.3 is 20.2 Å². The Labute approximate surface area is 174 Å². The summed E-state index contributed by atoms with van der Waals surface area (Å²) in [6.07, 6.45) is 6.06. The molecule has 0 spiro atoms. The molecule has 2 heterocycles. The number of amides is 2. The monoisotopic (exact) mass is 405 g/mol. The number of hydrogen-bond donors (Lipinski definition) is 3. The first-order valence-corrected chi connectivity index (χ1v) is 9.88. The number of aryl methyl sites for hydroxylation is 2. The van der Waals surface area contributed by atoms with Crippen molar-refractivity contribution < 1.29 is 9.18 Å². The van der Waals surface area contributed by atoms with E-state index in [2.05, 4.69) is 45.7 Å². The highest BCUT2D eigenvalue weighted by Gasteiger charge is 2.09. The number of rotatable bonds is 6. The lowest BCUT2D eigenvalue weighted by molar-refractivity contribution is 0.240. The number of imidazole rings is 1. The van der Waals surface area contributed by atoms with Crippen LogP contribution in [0.1, 0.15) is 22.5 Å². The molecule has 154 valence electrons. The maximum absolute atomic E-state index is 14.5. The van der Waals surface area contributed by atoms with Gasteiger partial charge in [0.25, 0.3) is 0 Å². The number of aromatic nitrogens is 3.